The zero-order valence-electron chi connectivity index (χ0n) is 22.8. The number of hydrogen-bond donors (Lipinski definition) is 2. The molecule has 0 aromatic rings. The summed E-state index contributed by atoms with van der Waals surface area (Å²) in [5, 5.41) is 21.2. The van der Waals surface area contributed by atoms with Crippen molar-refractivity contribution in [3.63, 3.8) is 0 Å². The number of allylic oxidation sites excluding steroid dienone is 2. The molecule has 34 heavy (non-hydrogen) atoms. The summed E-state index contributed by atoms with van der Waals surface area (Å²) in [4.78, 5) is 5.05. The van der Waals surface area contributed by atoms with Crippen molar-refractivity contribution < 1.29 is 10.2 Å². The molecule has 2 saturated carbocycles. The third-order valence-corrected chi connectivity index (χ3v) is 9.51. The molecule has 0 aromatic heterocycles. The molecule has 196 valence electrons. The maximum atomic E-state index is 10.6. The number of nitrogens with zero attached hydrogens (tertiary/aromatic N) is 2. The number of rotatable bonds is 4. The molecule has 0 unspecified atom stereocenters. The van der Waals surface area contributed by atoms with Crippen LogP contribution in [0.15, 0.2) is 24.3 Å². The Balaban J connectivity index is 0.000000191. The molecule has 0 radical (unpaired) electrons. The van der Waals surface area contributed by atoms with E-state index in [1.807, 2.05) is 13.8 Å². The Hall–Kier alpha value is -0.680. The van der Waals surface area contributed by atoms with E-state index >= 15 is 0 Å². The average molecular weight is 475 g/mol. The molecule has 0 bridgehead atoms. The molecule has 6 atom stereocenters. The number of piperidine rings is 2. The molecule has 2 N–H and O–H groups in total. The Morgan fingerprint density at radius 1 is 0.647 bits per heavy atom. The fourth-order valence-electron chi connectivity index (χ4n) is 6.99. The Kier molecular flexibility index (Phi) is 9.88. The average Bonchev–Trinajstić information content (AvgIpc) is 2.80. The summed E-state index contributed by atoms with van der Waals surface area (Å²) in [5.74, 6) is 1.23. The van der Waals surface area contributed by atoms with E-state index in [0.717, 1.165) is 38.5 Å². The van der Waals surface area contributed by atoms with Crippen molar-refractivity contribution in [3.8, 4) is 0 Å². The van der Waals surface area contributed by atoms with Gasteiger partial charge in [-0.2, -0.15) is 0 Å². The minimum absolute atomic E-state index is 0.346. The van der Waals surface area contributed by atoms with Crippen LogP contribution in [0.1, 0.15) is 105 Å². The van der Waals surface area contributed by atoms with Gasteiger partial charge in [0.15, 0.2) is 0 Å². The van der Waals surface area contributed by atoms with E-state index in [1.165, 1.54) is 75.9 Å². The van der Waals surface area contributed by atoms with Crippen LogP contribution in [0.4, 0.5) is 0 Å². The van der Waals surface area contributed by atoms with Gasteiger partial charge in [0.05, 0.1) is 11.2 Å². The van der Waals surface area contributed by atoms with Crippen molar-refractivity contribution >= 4 is 0 Å². The minimum atomic E-state index is -0.497. The number of likely N-dealkylation sites (tertiary alicyclic amines) is 2. The van der Waals surface area contributed by atoms with E-state index in [0.29, 0.717) is 23.9 Å². The van der Waals surface area contributed by atoms with Gasteiger partial charge in [0.25, 0.3) is 0 Å². The monoisotopic (exact) mass is 474 g/mol. The van der Waals surface area contributed by atoms with Crippen molar-refractivity contribution in [3.05, 3.63) is 24.3 Å². The summed E-state index contributed by atoms with van der Waals surface area (Å²) in [6.07, 6.45) is 14.1. The van der Waals surface area contributed by atoms with Gasteiger partial charge in [-0.3, -0.25) is 9.80 Å². The Morgan fingerprint density at radius 3 is 1.26 bits per heavy atom. The molecule has 4 rings (SSSR count). The zero-order chi connectivity index (χ0) is 24.9. The highest BCUT2D eigenvalue weighted by Crippen LogP contribution is 2.40. The van der Waals surface area contributed by atoms with E-state index in [1.54, 1.807) is 0 Å². The van der Waals surface area contributed by atoms with Gasteiger partial charge in [0.1, 0.15) is 0 Å². The van der Waals surface area contributed by atoms with Crippen molar-refractivity contribution in [1.29, 1.82) is 0 Å². The molecule has 4 aliphatic rings. The minimum Gasteiger partial charge on any atom is -0.389 e. The van der Waals surface area contributed by atoms with Gasteiger partial charge in [-0.1, -0.05) is 37.1 Å². The number of aliphatic hydroxyl groups is 2. The van der Waals surface area contributed by atoms with E-state index in [9.17, 15) is 10.2 Å². The summed E-state index contributed by atoms with van der Waals surface area (Å²) in [6, 6.07) is 0.691. The second-order valence-electron chi connectivity index (χ2n) is 12.6. The van der Waals surface area contributed by atoms with Crippen LogP contribution in [-0.4, -0.2) is 69.5 Å². The smallest absolute Gasteiger partial charge is 0.0774 e. The zero-order valence-corrected chi connectivity index (χ0v) is 22.8. The summed E-state index contributed by atoms with van der Waals surface area (Å²) in [7, 11) is 0. The predicted molar refractivity (Wildman–Crippen MR) is 144 cm³/mol. The van der Waals surface area contributed by atoms with Crippen LogP contribution >= 0.6 is 0 Å². The molecule has 0 aromatic carbocycles. The van der Waals surface area contributed by atoms with Crippen molar-refractivity contribution in [1.82, 2.24) is 9.80 Å². The summed E-state index contributed by atoms with van der Waals surface area (Å²) in [5.41, 5.74) is 1.59. The van der Waals surface area contributed by atoms with E-state index in [-0.39, 0.29) is 0 Å². The van der Waals surface area contributed by atoms with Gasteiger partial charge in [-0.15, -0.1) is 0 Å². The highest BCUT2D eigenvalue weighted by Gasteiger charge is 2.43. The fraction of sp³-hybridized carbons (Fsp3) is 0.867. The fourth-order valence-corrected chi connectivity index (χ4v) is 6.99. The lowest BCUT2D eigenvalue weighted by Crippen LogP contribution is -2.55. The molecule has 4 nitrogen and oxygen atoms in total. The first-order valence-corrected chi connectivity index (χ1v) is 14.2. The van der Waals surface area contributed by atoms with Crippen LogP contribution < -0.4 is 0 Å². The maximum Gasteiger partial charge on any atom is 0.0774 e. The van der Waals surface area contributed by atoms with Gasteiger partial charge in [-0.05, 0) is 130 Å². The van der Waals surface area contributed by atoms with Gasteiger partial charge in [0.2, 0.25) is 0 Å². The second kappa shape index (κ2) is 12.0. The van der Waals surface area contributed by atoms with Crippen LogP contribution in [-0.2, 0) is 0 Å². The summed E-state index contributed by atoms with van der Waals surface area (Å²) >= 11 is 0. The first-order valence-electron chi connectivity index (χ1n) is 14.2. The van der Waals surface area contributed by atoms with E-state index in [4.69, 9.17) is 0 Å². The SMILES string of the molecule is C=C(C)[C@@H]1CC[C@](C)(O)[C@@H](N2CCCCC2)C1.C=C(C)[C@@H]1CC[C@](C)(O)[C@@H](N2CCCCC2)C1. The molecule has 0 amide bonds. The van der Waals surface area contributed by atoms with Crippen molar-refractivity contribution in [2.45, 2.75) is 128 Å². The lowest BCUT2D eigenvalue weighted by Gasteiger charge is -2.48. The van der Waals surface area contributed by atoms with Crippen molar-refractivity contribution in [2.24, 2.45) is 11.8 Å². The van der Waals surface area contributed by atoms with Gasteiger partial charge in [0, 0.05) is 12.1 Å². The summed E-state index contributed by atoms with van der Waals surface area (Å²) in [6.45, 7) is 21.2. The molecule has 2 heterocycles. The molecule has 2 saturated heterocycles. The van der Waals surface area contributed by atoms with Gasteiger partial charge in [-0.25, -0.2) is 0 Å². The molecular weight excluding hydrogens is 420 g/mol. The lowest BCUT2D eigenvalue weighted by atomic mass is 9.73. The first-order chi connectivity index (χ1) is 16.0. The van der Waals surface area contributed by atoms with Gasteiger partial charge < -0.3 is 10.2 Å². The maximum absolute atomic E-state index is 10.6. The molecule has 2 aliphatic heterocycles. The van der Waals surface area contributed by atoms with Gasteiger partial charge >= 0.3 is 0 Å². The molecule has 4 heteroatoms. The van der Waals surface area contributed by atoms with Crippen LogP contribution in [0.3, 0.4) is 0 Å². The topological polar surface area (TPSA) is 46.9 Å². The van der Waals surface area contributed by atoms with Crippen molar-refractivity contribution in [2.75, 3.05) is 26.2 Å². The Labute approximate surface area is 210 Å². The largest absolute Gasteiger partial charge is 0.389 e. The molecule has 0 spiro atoms. The lowest BCUT2D eigenvalue weighted by molar-refractivity contribution is -0.0739. The van der Waals surface area contributed by atoms with Crippen LogP contribution in [0.5, 0.6) is 0 Å². The van der Waals surface area contributed by atoms with E-state index < -0.39 is 11.2 Å². The standard InChI is InChI=1S/2C15H27NO/c2*1-12(2)13-7-8-15(3,17)14(11-13)16-9-5-4-6-10-16/h2*13-14,17H,1,4-11H2,2-3H3/t2*13-,14+,15+/m11/s1. The summed E-state index contributed by atoms with van der Waals surface area (Å²) < 4.78 is 0. The highest BCUT2D eigenvalue weighted by atomic mass is 16.3. The third kappa shape index (κ3) is 7.18. The molecule has 4 fully saturated rings. The van der Waals surface area contributed by atoms with Crippen LogP contribution in [0.2, 0.25) is 0 Å². The first kappa shape index (κ1) is 27.9. The Bertz CT molecular complexity index is 615. The normalized spacial score (nSPS) is 40.2. The molecular formula is C30H54N2O2. The third-order valence-electron chi connectivity index (χ3n) is 9.51. The van der Waals surface area contributed by atoms with E-state index in [2.05, 4.69) is 36.8 Å². The second-order valence-corrected chi connectivity index (χ2v) is 12.6. The van der Waals surface area contributed by atoms with Crippen LogP contribution in [0, 0.1) is 11.8 Å². The quantitative estimate of drug-likeness (QED) is 0.495. The van der Waals surface area contributed by atoms with Crippen LogP contribution in [0.25, 0.3) is 0 Å². The molecule has 2 aliphatic carbocycles. The number of hydrogen-bond acceptors (Lipinski definition) is 4. The Morgan fingerprint density at radius 2 is 0.971 bits per heavy atom. The highest BCUT2D eigenvalue weighted by molar-refractivity contribution is 5.07. The predicted octanol–water partition coefficient (Wildman–Crippen LogP) is 5.94.